The fourth-order valence-electron chi connectivity index (χ4n) is 3.58. The van der Waals surface area contributed by atoms with Crippen LogP contribution in [0.15, 0.2) is 24.3 Å². The zero-order chi connectivity index (χ0) is 20.3. The van der Waals surface area contributed by atoms with Crippen molar-refractivity contribution in [3.8, 4) is 0 Å². The van der Waals surface area contributed by atoms with Crippen LogP contribution in [0.4, 0.5) is 0 Å². The molecule has 1 fully saturated rings. The summed E-state index contributed by atoms with van der Waals surface area (Å²) in [7, 11) is 0. The van der Waals surface area contributed by atoms with Crippen molar-refractivity contribution in [2.45, 2.75) is 58.5 Å². The number of hydrogen-bond donors (Lipinski definition) is 1. The monoisotopic (exact) mass is 383 g/mol. The zero-order valence-electron chi connectivity index (χ0n) is 17.1. The molecule has 1 aliphatic rings. The van der Waals surface area contributed by atoms with Crippen LogP contribution in [0.2, 0.25) is 0 Å². The zero-order valence-corrected chi connectivity index (χ0v) is 17.1. The van der Waals surface area contributed by atoms with E-state index in [0.29, 0.717) is 29.2 Å². The number of hydrogen-bond acceptors (Lipinski definition) is 6. The number of rotatable bonds is 5. The molecule has 0 bridgehead atoms. The number of benzene rings is 1. The number of fused-ring (bicyclic) bond motifs is 1. The maximum atomic E-state index is 13.5. The van der Waals surface area contributed by atoms with Crippen molar-refractivity contribution in [3.05, 3.63) is 35.8 Å². The van der Waals surface area contributed by atoms with Crippen LogP contribution in [-0.2, 0) is 14.9 Å². The maximum absolute atomic E-state index is 13.5. The van der Waals surface area contributed by atoms with E-state index >= 15 is 0 Å². The van der Waals surface area contributed by atoms with Crippen LogP contribution in [-0.4, -0.2) is 40.9 Å². The van der Waals surface area contributed by atoms with Gasteiger partial charge in [-0.1, -0.05) is 39.0 Å². The fourth-order valence-corrected chi connectivity index (χ4v) is 3.58. The molecule has 1 aromatic heterocycles. The minimum atomic E-state index is -0.813. The topological polar surface area (TPSA) is 81.2 Å². The number of nitrogens with zero attached hydrogens (tertiary/aromatic N) is 2. The Hall–Kier alpha value is -2.34. The minimum absolute atomic E-state index is 0.238. The second-order valence-corrected chi connectivity index (χ2v) is 8.55. The summed E-state index contributed by atoms with van der Waals surface area (Å²) in [6, 6.07) is 7.50. The summed E-state index contributed by atoms with van der Waals surface area (Å²) in [4.78, 5) is 34.4. The molecule has 0 amide bonds. The number of nitrogens with one attached hydrogen (secondary N) is 1. The number of ether oxygens (including phenoxy) is 1. The van der Waals surface area contributed by atoms with Gasteiger partial charge in [-0.3, -0.25) is 9.59 Å². The Bertz CT molecular complexity index is 867. The van der Waals surface area contributed by atoms with Crippen molar-refractivity contribution in [1.82, 2.24) is 15.3 Å². The van der Waals surface area contributed by atoms with E-state index in [1.54, 1.807) is 0 Å². The number of esters is 1. The van der Waals surface area contributed by atoms with E-state index in [-0.39, 0.29) is 11.2 Å². The number of Topliss-reactive ketones (excluding diaryl/α,β-unsaturated/α-hetero) is 1. The predicted octanol–water partition coefficient (Wildman–Crippen LogP) is 3.43. The van der Waals surface area contributed by atoms with Gasteiger partial charge in [-0.25, -0.2) is 9.97 Å². The average Bonchev–Trinajstić information content (AvgIpc) is 2.66. The molecule has 2 heterocycles. The molecule has 3 rings (SSSR count). The van der Waals surface area contributed by atoms with Gasteiger partial charge < -0.3 is 10.1 Å². The van der Waals surface area contributed by atoms with Gasteiger partial charge in [0, 0.05) is 17.7 Å². The molecule has 28 heavy (non-hydrogen) atoms. The second kappa shape index (κ2) is 8.35. The highest BCUT2D eigenvalue weighted by atomic mass is 16.5. The summed E-state index contributed by atoms with van der Waals surface area (Å²) in [5.74, 6) is 0.280. The number of ketones is 1. The minimum Gasteiger partial charge on any atom is -0.454 e. The Morgan fingerprint density at radius 2 is 1.86 bits per heavy atom. The molecule has 0 radical (unpaired) electrons. The number of carbonyl (C=O) groups excluding carboxylic acids is 2. The molecular weight excluding hydrogens is 354 g/mol. The van der Waals surface area contributed by atoms with Crippen LogP contribution >= 0.6 is 0 Å². The van der Waals surface area contributed by atoms with Crippen LogP contribution < -0.4 is 5.32 Å². The molecule has 1 aliphatic heterocycles. The molecule has 6 nitrogen and oxygen atoms in total. The SMILES string of the molecule is CC(=O)OC(CC1CCNCC1)C(=O)c1nc(C(C)(C)C)nc2ccccc12. The standard InChI is InChI=1S/C22H29N3O3/c1-14(26)28-18(13-15-9-11-23-12-10-15)20(27)19-16-7-5-6-8-17(16)24-21(25-19)22(2,3)4/h5-8,15,18,23H,9-13H2,1-4H3. The van der Waals surface area contributed by atoms with Gasteiger partial charge in [0.25, 0.3) is 0 Å². The number of piperidine rings is 1. The number of aromatic nitrogens is 2. The van der Waals surface area contributed by atoms with E-state index in [0.717, 1.165) is 31.4 Å². The molecule has 0 aliphatic carbocycles. The number of para-hydroxylation sites is 1. The van der Waals surface area contributed by atoms with E-state index in [1.807, 2.05) is 45.0 Å². The molecule has 1 unspecified atom stereocenters. The van der Waals surface area contributed by atoms with Gasteiger partial charge in [-0.2, -0.15) is 0 Å². The lowest BCUT2D eigenvalue weighted by Crippen LogP contribution is -2.35. The normalized spacial score (nSPS) is 16.7. The summed E-state index contributed by atoms with van der Waals surface area (Å²) in [5.41, 5.74) is 0.773. The first kappa shape index (κ1) is 20.4. The van der Waals surface area contributed by atoms with Crippen molar-refractivity contribution in [1.29, 1.82) is 0 Å². The maximum Gasteiger partial charge on any atom is 0.303 e. The van der Waals surface area contributed by atoms with E-state index < -0.39 is 12.1 Å². The van der Waals surface area contributed by atoms with Crippen LogP contribution in [0.25, 0.3) is 10.9 Å². The molecule has 1 atom stereocenters. The molecule has 1 saturated heterocycles. The predicted molar refractivity (Wildman–Crippen MR) is 108 cm³/mol. The van der Waals surface area contributed by atoms with Gasteiger partial charge in [-0.15, -0.1) is 0 Å². The Morgan fingerprint density at radius 3 is 2.50 bits per heavy atom. The third-order valence-corrected chi connectivity index (χ3v) is 5.11. The van der Waals surface area contributed by atoms with Crippen molar-refractivity contribution < 1.29 is 14.3 Å². The smallest absolute Gasteiger partial charge is 0.303 e. The van der Waals surface area contributed by atoms with Crippen molar-refractivity contribution in [3.63, 3.8) is 0 Å². The van der Waals surface area contributed by atoms with E-state index in [4.69, 9.17) is 4.74 Å². The Morgan fingerprint density at radius 1 is 1.18 bits per heavy atom. The van der Waals surface area contributed by atoms with Crippen LogP contribution in [0.1, 0.15) is 63.3 Å². The summed E-state index contributed by atoms with van der Waals surface area (Å²) in [5, 5.41) is 4.02. The number of carbonyl (C=O) groups is 2. The molecule has 150 valence electrons. The van der Waals surface area contributed by atoms with Gasteiger partial charge in [0.2, 0.25) is 5.78 Å². The lowest BCUT2D eigenvalue weighted by molar-refractivity contribution is -0.145. The summed E-state index contributed by atoms with van der Waals surface area (Å²) in [6.45, 7) is 9.26. The van der Waals surface area contributed by atoms with Gasteiger partial charge in [0.1, 0.15) is 11.5 Å². The van der Waals surface area contributed by atoms with Crippen molar-refractivity contribution in [2.75, 3.05) is 13.1 Å². The molecule has 0 spiro atoms. The van der Waals surface area contributed by atoms with Gasteiger partial charge in [0.15, 0.2) is 6.10 Å². The highest BCUT2D eigenvalue weighted by molar-refractivity contribution is 6.08. The Labute approximate surface area is 166 Å². The highest BCUT2D eigenvalue weighted by Crippen LogP contribution is 2.27. The summed E-state index contributed by atoms with van der Waals surface area (Å²) in [6.07, 6.45) is 1.67. The molecule has 1 aromatic carbocycles. The first-order valence-electron chi connectivity index (χ1n) is 9.95. The third kappa shape index (κ3) is 4.73. The highest BCUT2D eigenvalue weighted by Gasteiger charge is 2.31. The first-order valence-corrected chi connectivity index (χ1v) is 9.95. The third-order valence-electron chi connectivity index (χ3n) is 5.11. The fraction of sp³-hybridized carbons (Fsp3) is 0.545. The Balaban J connectivity index is 2.01. The van der Waals surface area contributed by atoms with Crippen LogP contribution in [0.5, 0.6) is 0 Å². The lowest BCUT2D eigenvalue weighted by Gasteiger charge is -2.26. The molecule has 2 aromatic rings. The van der Waals surface area contributed by atoms with E-state index in [1.165, 1.54) is 6.92 Å². The first-order chi connectivity index (χ1) is 13.3. The molecular formula is C22H29N3O3. The van der Waals surface area contributed by atoms with Gasteiger partial charge in [-0.05, 0) is 44.3 Å². The average molecular weight is 383 g/mol. The van der Waals surface area contributed by atoms with Crippen LogP contribution in [0, 0.1) is 5.92 Å². The quantitative estimate of drug-likeness (QED) is 0.629. The Kier molecular flexibility index (Phi) is 6.08. The van der Waals surface area contributed by atoms with E-state index in [9.17, 15) is 9.59 Å². The molecule has 6 heteroatoms. The summed E-state index contributed by atoms with van der Waals surface area (Å²) < 4.78 is 5.47. The van der Waals surface area contributed by atoms with Crippen LogP contribution in [0.3, 0.4) is 0 Å². The van der Waals surface area contributed by atoms with Crippen molar-refractivity contribution in [2.24, 2.45) is 5.92 Å². The van der Waals surface area contributed by atoms with E-state index in [2.05, 4.69) is 15.3 Å². The molecule has 0 saturated carbocycles. The summed E-state index contributed by atoms with van der Waals surface area (Å²) >= 11 is 0. The largest absolute Gasteiger partial charge is 0.454 e. The van der Waals surface area contributed by atoms with Crippen molar-refractivity contribution >= 4 is 22.7 Å². The van der Waals surface area contributed by atoms with Gasteiger partial charge >= 0.3 is 5.97 Å². The van der Waals surface area contributed by atoms with Gasteiger partial charge in [0.05, 0.1) is 5.52 Å². The second-order valence-electron chi connectivity index (χ2n) is 8.55. The lowest BCUT2D eigenvalue weighted by atomic mass is 9.89. The molecule has 1 N–H and O–H groups in total.